The fourth-order valence-electron chi connectivity index (χ4n) is 2.40. The van der Waals surface area contributed by atoms with Crippen molar-refractivity contribution in [1.29, 1.82) is 0 Å². The average molecular weight is 292 g/mol. The number of aliphatic hydroxyl groups excluding tert-OH is 1. The van der Waals surface area contributed by atoms with Crippen molar-refractivity contribution in [3.8, 4) is 0 Å². The van der Waals surface area contributed by atoms with Gasteiger partial charge in [-0.15, -0.1) is 0 Å². The standard InChI is InChI=1S/C15H20N2O4/c1-11(18)16-10-15(21)7-8-17(9-13(15)19)14(20)12-5-3-2-4-6-12/h2-6,13,19,21H,7-10H2,1H3,(H,16,18)/t13-,15-/m1/s1. The molecule has 114 valence electrons. The summed E-state index contributed by atoms with van der Waals surface area (Å²) in [5.74, 6) is -0.436. The van der Waals surface area contributed by atoms with Gasteiger partial charge in [0.15, 0.2) is 0 Å². The second kappa shape index (κ2) is 6.24. The Morgan fingerprint density at radius 1 is 1.38 bits per heavy atom. The van der Waals surface area contributed by atoms with E-state index in [0.717, 1.165) is 0 Å². The first-order valence-corrected chi connectivity index (χ1v) is 6.91. The number of rotatable bonds is 3. The van der Waals surface area contributed by atoms with Crippen LogP contribution < -0.4 is 5.32 Å². The van der Waals surface area contributed by atoms with Crippen LogP contribution >= 0.6 is 0 Å². The Balaban J connectivity index is 2.00. The lowest BCUT2D eigenvalue weighted by Gasteiger charge is -2.42. The van der Waals surface area contributed by atoms with Gasteiger partial charge in [-0.3, -0.25) is 9.59 Å². The number of carbonyl (C=O) groups excluding carboxylic acids is 2. The predicted molar refractivity (Wildman–Crippen MR) is 76.6 cm³/mol. The van der Waals surface area contributed by atoms with E-state index in [9.17, 15) is 19.8 Å². The minimum atomic E-state index is -1.39. The van der Waals surface area contributed by atoms with Crippen LogP contribution in [0.15, 0.2) is 30.3 Å². The van der Waals surface area contributed by atoms with Gasteiger partial charge in [-0.05, 0) is 18.6 Å². The summed E-state index contributed by atoms with van der Waals surface area (Å²) in [6.45, 7) is 1.71. The number of likely N-dealkylation sites (tertiary alicyclic amines) is 1. The molecule has 1 heterocycles. The van der Waals surface area contributed by atoms with Gasteiger partial charge < -0.3 is 20.4 Å². The molecule has 2 atom stereocenters. The van der Waals surface area contributed by atoms with Crippen LogP contribution in [0.5, 0.6) is 0 Å². The lowest BCUT2D eigenvalue weighted by Crippen LogP contribution is -2.61. The normalized spacial score (nSPS) is 25.5. The second-order valence-electron chi connectivity index (χ2n) is 5.40. The lowest BCUT2D eigenvalue weighted by molar-refractivity contribution is -0.127. The number of nitrogens with one attached hydrogen (secondary N) is 1. The Morgan fingerprint density at radius 2 is 2.05 bits per heavy atom. The fraction of sp³-hybridized carbons (Fsp3) is 0.467. The smallest absolute Gasteiger partial charge is 0.253 e. The molecule has 1 aromatic rings. The first kappa shape index (κ1) is 15.5. The third-order valence-electron chi connectivity index (χ3n) is 3.78. The molecule has 1 saturated heterocycles. The van der Waals surface area contributed by atoms with Gasteiger partial charge in [0.05, 0.1) is 0 Å². The quantitative estimate of drug-likeness (QED) is 0.717. The molecule has 6 nitrogen and oxygen atoms in total. The van der Waals surface area contributed by atoms with E-state index in [0.29, 0.717) is 12.1 Å². The highest BCUT2D eigenvalue weighted by Gasteiger charge is 2.41. The molecular formula is C15H20N2O4. The van der Waals surface area contributed by atoms with Gasteiger partial charge in [0.1, 0.15) is 11.7 Å². The summed E-state index contributed by atoms with van der Waals surface area (Å²) in [6.07, 6.45) is -0.877. The number of amides is 2. The van der Waals surface area contributed by atoms with E-state index in [1.807, 2.05) is 6.07 Å². The monoisotopic (exact) mass is 292 g/mol. The second-order valence-corrected chi connectivity index (χ2v) is 5.40. The summed E-state index contributed by atoms with van der Waals surface area (Å²) in [5.41, 5.74) is -0.837. The van der Waals surface area contributed by atoms with Gasteiger partial charge in [0, 0.05) is 32.1 Å². The zero-order valence-electron chi connectivity index (χ0n) is 12.0. The van der Waals surface area contributed by atoms with Crippen LogP contribution in [0.25, 0.3) is 0 Å². The Labute approximate surface area is 123 Å². The molecule has 2 amide bonds. The Kier molecular flexibility index (Phi) is 4.59. The van der Waals surface area contributed by atoms with E-state index < -0.39 is 11.7 Å². The van der Waals surface area contributed by atoms with Crippen molar-refractivity contribution in [3.05, 3.63) is 35.9 Å². The SMILES string of the molecule is CC(=O)NC[C@]1(O)CCN(C(=O)c2ccccc2)C[C@H]1O. The van der Waals surface area contributed by atoms with E-state index in [2.05, 4.69) is 5.32 Å². The lowest BCUT2D eigenvalue weighted by atomic mass is 9.88. The van der Waals surface area contributed by atoms with E-state index >= 15 is 0 Å². The molecule has 1 aliphatic rings. The third-order valence-corrected chi connectivity index (χ3v) is 3.78. The van der Waals surface area contributed by atoms with Gasteiger partial charge >= 0.3 is 0 Å². The molecule has 21 heavy (non-hydrogen) atoms. The van der Waals surface area contributed by atoms with Crippen LogP contribution in [0.4, 0.5) is 0 Å². The Hall–Kier alpha value is -1.92. The Morgan fingerprint density at radius 3 is 2.62 bits per heavy atom. The van der Waals surface area contributed by atoms with Crippen LogP contribution in [0.2, 0.25) is 0 Å². The molecule has 0 aromatic heterocycles. The van der Waals surface area contributed by atoms with Crippen LogP contribution in [0, 0.1) is 0 Å². The van der Waals surface area contributed by atoms with Crippen molar-refractivity contribution in [3.63, 3.8) is 0 Å². The number of β-amino-alcohol motifs (C(OH)–C–C–N with tert-alkyl or cyclic N) is 1. The van der Waals surface area contributed by atoms with Crippen LogP contribution in [-0.4, -0.2) is 58.3 Å². The highest BCUT2D eigenvalue weighted by molar-refractivity contribution is 5.94. The number of hydrogen-bond acceptors (Lipinski definition) is 4. The first-order valence-electron chi connectivity index (χ1n) is 6.91. The van der Waals surface area contributed by atoms with Gasteiger partial charge in [-0.1, -0.05) is 18.2 Å². The van der Waals surface area contributed by atoms with Crippen molar-refractivity contribution in [2.24, 2.45) is 0 Å². The van der Waals surface area contributed by atoms with E-state index in [1.54, 1.807) is 24.3 Å². The minimum absolute atomic E-state index is 0.0170. The van der Waals surface area contributed by atoms with Crippen LogP contribution in [0.1, 0.15) is 23.7 Å². The summed E-state index contributed by atoms with van der Waals surface area (Å²) in [4.78, 5) is 24.7. The van der Waals surface area contributed by atoms with Gasteiger partial charge in [0.25, 0.3) is 5.91 Å². The van der Waals surface area contributed by atoms with Gasteiger partial charge in [-0.2, -0.15) is 0 Å². The molecule has 3 N–H and O–H groups in total. The molecule has 0 saturated carbocycles. The highest BCUT2D eigenvalue weighted by Crippen LogP contribution is 2.23. The number of carbonyl (C=O) groups is 2. The third kappa shape index (κ3) is 3.59. The summed E-state index contributed by atoms with van der Waals surface area (Å²) < 4.78 is 0. The van der Waals surface area contributed by atoms with Gasteiger partial charge in [0.2, 0.25) is 5.91 Å². The number of piperidine rings is 1. The van der Waals surface area contributed by atoms with Crippen molar-refractivity contribution >= 4 is 11.8 Å². The van der Waals surface area contributed by atoms with Crippen LogP contribution in [0.3, 0.4) is 0 Å². The van der Waals surface area contributed by atoms with E-state index in [-0.39, 0.29) is 31.3 Å². The van der Waals surface area contributed by atoms with E-state index in [1.165, 1.54) is 11.8 Å². The Bertz CT molecular complexity index is 520. The van der Waals surface area contributed by atoms with Crippen molar-refractivity contribution in [1.82, 2.24) is 10.2 Å². The molecule has 1 aliphatic heterocycles. The maximum Gasteiger partial charge on any atom is 0.253 e. The van der Waals surface area contributed by atoms with E-state index in [4.69, 9.17) is 0 Å². The maximum absolute atomic E-state index is 12.3. The number of nitrogens with zero attached hydrogens (tertiary/aromatic N) is 1. The molecule has 2 rings (SSSR count). The molecule has 0 radical (unpaired) electrons. The topological polar surface area (TPSA) is 89.9 Å². The first-order chi connectivity index (χ1) is 9.92. The summed E-state index contributed by atoms with van der Waals surface area (Å²) in [6, 6.07) is 8.81. The number of aliphatic hydroxyl groups is 2. The molecule has 6 heteroatoms. The molecule has 0 bridgehead atoms. The number of benzene rings is 1. The average Bonchev–Trinajstić information content (AvgIpc) is 2.48. The van der Waals surface area contributed by atoms with Crippen molar-refractivity contribution in [2.75, 3.05) is 19.6 Å². The van der Waals surface area contributed by atoms with Crippen molar-refractivity contribution in [2.45, 2.75) is 25.0 Å². The molecule has 0 aliphatic carbocycles. The zero-order valence-corrected chi connectivity index (χ0v) is 12.0. The summed E-state index contributed by atoms with van der Waals surface area (Å²) in [7, 11) is 0. The van der Waals surface area contributed by atoms with Crippen molar-refractivity contribution < 1.29 is 19.8 Å². The van der Waals surface area contributed by atoms with Gasteiger partial charge in [-0.25, -0.2) is 0 Å². The summed E-state index contributed by atoms with van der Waals surface area (Å²) >= 11 is 0. The van der Waals surface area contributed by atoms with Crippen LogP contribution in [-0.2, 0) is 4.79 Å². The largest absolute Gasteiger partial charge is 0.388 e. The molecule has 1 fully saturated rings. The fourth-order valence-corrected chi connectivity index (χ4v) is 2.40. The number of hydrogen-bond donors (Lipinski definition) is 3. The summed E-state index contributed by atoms with van der Waals surface area (Å²) in [5, 5.41) is 23.0. The molecular weight excluding hydrogens is 272 g/mol. The predicted octanol–water partition coefficient (Wildman–Crippen LogP) is -0.239. The molecule has 0 unspecified atom stereocenters. The maximum atomic E-state index is 12.3. The zero-order chi connectivity index (χ0) is 15.5. The molecule has 0 spiro atoms. The molecule has 1 aromatic carbocycles. The highest BCUT2D eigenvalue weighted by atomic mass is 16.3. The minimum Gasteiger partial charge on any atom is -0.388 e.